The summed E-state index contributed by atoms with van der Waals surface area (Å²) in [5.41, 5.74) is 0. The van der Waals surface area contributed by atoms with E-state index in [0.717, 1.165) is 5.92 Å². The Bertz CT molecular complexity index is 186. The van der Waals surface area contributed by atoms with E-state index in [1.54, 1.807) is 7.05 Å². The maximum Gasteiger partial charge on any atom is 0.237 e. The van der Waals surface area contributed by atoms with Gasteiger partial charge in [0.25, 0.3) is 0 Å². The zero-order chi connectivity index (χ0) is 10.6. The first-order valence-electron chi connectivity index (χ1n) is 5.58. The van der Waals surface area contributed by atoms with Crippen molar-refractivity contribution in [3.8, 4) is 0 Å². The summed E-state index contributed by atoms with van der Waals surface area (Å²) in [6.07, 6.45) is 4.89. The molecular formula is C11H22N2O. The molecule has 0 aromatic rings. The Balaban J connectivity index is 2.48. The molecule has 1 saturated carbocycles. The van der Waals surface area contributed by atoms with E-state index in [9.17, 15) is 4.79 Å². The van der Waals surface area contributed by atoms with Gasteiger partial charge in [-0.25, -0.2) is 0 Å². The van der Waals surface area contributed by atoms with Crippen LogP contribution in [-0.4, -0.2) is 26.0 Å². The van der Waals surface area contributed by atoms with Crippen LogP contribution in [0.2, 0.25) is 0 Å². The SMILES string of the molecule is CNC(=O)[C@@H](NC)C1CCC(C)CC1. The Morgan fingerprint density at radius 2 is 1.79 bits per heavy atom. The van der Waals surface area contributed by atoms with Gasteiger partial charge < -0.3 is 10.6 Å². The highest BCUT2D eigenvalue weighted by molar-refractivity contribution is 5.81. The lowest BCUT2D eigenvalue weighted by Gasteiger charge is -2.31. The molecule has 82 valence electrons. The van der Waals surface area contributed by atoms with Crippen LogP contribution in [0.25, 0.3) is 0 Å². The molecule has 1 fully saturated rings. The average molecular weight is 198 g/mol. The van der Waals surface area contributed by atoms with Crippen molar-refractivity contribution in [3.05, 3.63) is 0 Å². The number of likely N-dealkylation sites (N-methyl/N-ethyl adjacent to an activating group) is 2. The number of carbonyl (C=O) groups excluding carboxylic acids is 1. The zero-order valence-corrected chi connectivity index (χ0v) is 9.47. The third-order valence-corrected chi connectivity index (χ3v) is 3.37. The summed E-state index contributed by atoms with van der Waals surface area (Å²) < 4.78 is 0. The standard InChI is InChI=1S/C11H22N2O/c1-8-4-6-9(7-5-8)10(12-2)11(14)13-3/h8-10,12H,4-7H2,1-3H3,(H,13,14)/t8?,9?,10-/m0/s1. The molecule has 0 bridgehead atoms. The van der Waals surface area contributed by atoms with Crippen LogP contribution >= 0.6 is 0 Å². The molecule has 0 unspecified atom stereocenters. The quantitative estimate of drug-likeness (QED) is 0.714. The molecule has 0 saturated heterocycles. The Morgan fingerprint density at radius 1 is 1.21 bits per heavy atom. The third kappa shape index (κ3) is 2.71. The van der Waals surface area contributed by atoms with Gasteiger partial charge in [0.15, 0.2) is 0 Å². The first kappa shape index (κ1) is 11.5. The summed E-state index contributed by atoms with van der Waals surface area (Å²) in [5, 5.41) is 5.85. The topological polar surface area (TPSA) is 41.1 Å². The number of hydrogen-bond donors (Lipinski definition) is 2. The monoisotopic (exact) mass is 198 g/mol. The highest BCUT2D eigenvalue weighted by atomic mass is 16.2. The molecule has 0 aromatic carbocycles. The van der Waals surface area contributed by atoms with E-state index in [0.29, 0.717) is 5.92 Å². The fraction of sp³-hybridized carbons (Fsp3) is 0.909. The minimum absolute atomic E-state index is 0.00694. The second-order valence-electron chi connectivity index (χ2n) is 4.40. The van der Waals surface area contributed by atoms with Crippen molar-refractivity contribution in [1.29, 1.82) is 0 Å². The van der Waals surface area contributed by atoms with E-state index in [1.165, 1.54) is 25.7 Å². The molecule has 0 spiro atoms. The second-order valence-corrected chi connectivity index (χ2v) is 4.40. The van der Waals surface area contributed by atoms with Gasteiger partial charge in [0.2, 0.25) is 5.91 Å². The van der Waals surface area contributed by atoms with E-state index in [4.69, 9.17) is 0 Å². The largest absolute Gasteiger partial charge is 0.358 e. The maximum atomic E-state index is 11.6. The lowest BCUT2D eigenvalue weighted by molar-refractivity contribution is -0.124. The smallest absolute Gasteiger partial charge is 0.237 e. The molecule has 0 aliphatic heterocycles. The van der Waals surface area contributed by atoms with Gasteiger partial charge in [-0.15, -0.1) is 0 Å². The van der Waals surface area contributed by atoms with Gasteiger partial charge in [0.1, 0.15) is 0 Å². The van der Waals surface area contributed by atoms with Crippen LogP contribution in [0.4, 0.5) is 0 Å². The van der Waals surface area contributed by atoms with E-state index in [2.05, 4.69) is 17.6 Å². The summed E-state index contributed by atoms with van der Waals surface area (Å²) >= 11 is 0. The fourth-order valence-electron chi connectivity index (χ4n) is 2.36. The normalized spacial score (nSPS) is 29.6. The predicted octanol–water partition coefficient (Wildman–Crippen LogP) is 1.15. The molecule has 1 atom stereocenters. The molecule has 14 heavy (non-hydrogen) atoms. The number of amides is 1. The fourth-order valence-corrected chi connectivity index (χ4v) is 2.36. The van der Waals surface area contributed by atoms with Crippen molar-refractivity contribution in [2.24, 2.45) is 11.8 Å². The lowest BCUT2D eigenvalue weighted by atomic mass is 9.79. The lowest BCUT2D eigenvalue weighted by Crippen LogP contribution is -2.47. The van der Waals surface area contributed by atoms with Gasteiger partial charge in [-0.3, -0.25) is 4.79 Å². The van der Waals surface area contributed by atoms with E-state index < -0.39 is 0 Å². The summed E-state index contributed by atoms with van der Waals surface area (Å²) in [6, 6.07) is 0.00694. The van der Waals surface area contributed by atoms with Crippen molar-refractivity contribution < 1.29 is 4.79 Å². The van der Waals surface area contributed by atoms with Gasteiger partial charge in [0.05, 0.1) is 6.04 Å². The summed E-state index contributed by atoms with van der Waals surface area (Å²) in [6.45, 7) is 2.30. The third-order valence-electron chi connectivity index (χ3n) is 3.37. The van der Waals surface area contributed by atoms with Crippen LogP contribution < -0.4 is 10.6 Å². The van der Waals surface area contributed by atoms with E-state index in [-0.39, 0.29) is 11.9 Å². The Kier molecular flexibility index (Phi) is 4.39. The first-order chi connectivity index (χ1) is 6.69. The molecule has 0 radical (unpaired) electrons. The van der Waals surface area contributed by atoms with Crippen LogP contribution in [0.15, 0.2) is 0 Å². The predicted molar refractivity (Wildman–Crippen MR) is 58.0 cm³/mol. The maximum absolute atomic E-state index is 11.6. The van der Waals surface area contributed by atoms with E-state index in [1.807, 2.05) is 7.05 Å². The highest BCUT2D eigenvalue weighted by Crippen LogP contribution is 2.30. The van der Waals surface area contributed by atoms with Gasteiger partial charge in [-0.05, 0) is 31.7 Å². The van der Waals surface area contributed by atoms with Crippen molar-refractivity contribution in [3.63, 3.8) is 0 Å². The molecule has 1 amide bonds. The Labute approximate surface area is 86.6 Å². The average Bonchev–Trinajstić information content (AvgIpc) is 2.21. The second kappa shape index (κ2) is 5.35. The molecule has 1 rings (SSSR count). The van der Waals surface area contributed by atoms with Crippen LogP contribution in [0.5, 0.6) is 0 Å². The van der Waals surface area contributed by atoms with E-state index >= 15 is 0 Å². The highest BCUT2D eigenvalue weighted by Gasteiger charge is 2.29. The van der Waals surface area contributed by atoms with Crippen LogP contribution in [0.1, 0.15) is 32.6 Å². The van der Waals surface area contributed by atoms with Crippen LogP contribution in [-0.2, 0) is 4.79 Å². The first-order valence-corrected chi connectivity index (χ1v) is 5.58. The number of nitrogens with one attached hydrogen (secondary N) is 2. The minimum atomic E-state index is 0.00694. The summed E-state index contributed by atoms with van der Waals surface area (Å²) in [7, 11) is 3.58. The zero-order valence-electron chi connectivity index (χ0n) is 9.47. The van der Waals surface area contributed by atoms with Gasteiger partial charge in [-0.2, -0.15) is 0 Å². The van der Waals surface area contributed by atoms with Crippen molar-refractivity contribution in [2.75, 3.05) is 14.1 Å². The minimum Gasteiger partial charge on any atom is -0.358 e. The summed E-state index contributed by atoms with van der Waals surface area (Å²) in [5.74, 6) is 1.50. The molecule has 1 aliphatic carbocycles. The Morgan fingerprint density at radius 3 is 2.21 bits per heavy atom. The van der Waals surface area contributed by atoms with Crippen LogP contribution in [0, 0.1) is 11.8 Å². The molecule has 0 heterocycles. The number of rotatable bonds is 3. The van der Waals surface area contributed by atoms with Gasteiger partial charge in [0, 0.05) is 7.05 Å². The Hall–Kier alpha value is -0.570. The molecule has 3 heteroatoms. The van der Waals surface area contributed by atoms with Gasteiger partial charge in [-0.1, -0.05) is 19.8 Å². The molecule has 1 aliphatic rings. The van der Waals surface area contributed by atoms with Crippen LogP contribution in [0.3, 0.4) is 0 Å². The molecule has 3 nitrogen and oxygen atoms in total. The molecule has 2 N–H and O–H groups in total. The number of carbonyl (C=O) groups is 1. The molecular weight excluding hydrogens is 176 g/mol. The summed E-state index contributed by atoms with van der Waals surface area (Å²) in [4.78, 5) is 11.6. The van der Waals surface area contributed by atoms with Crippen molar-refractivity contribution >= 4 is 5.91 Å². The number of hydrogen-bond acceptors (Lipinski definition) is 2. The molecule has 0 aromatic heterocycles. The van der Waals surface area contributed by atoms with Crippen molar-refractivity contribution in [2.45, 2.75) is 38.6 Å². The van der Waals surface area contributed by atoms with Crippen molar-refractivity contribution in [1.82, 2.24) is 10.6 Å². The van der Waals surface area contributed by atoms with Gasteiger partial charge >= 0.3 is 0 Å².